The molecular weight excluding hydrogens is 224 g/mol. The molecule has 0 saturated carbocycles. The second-order valence-electron chi connectivity index (χ2n) is 4.17. The molecule has 2 unspecified atom stereocenters. The molecule has 0 radical (unpaired) electrons. The standard InChI is InChI=1S/C12H20O5/c1-4-15-11(14)7-10(13)5-6-12-16-8(2)9(3)17-12/h8-9,12H,4-7H2,1-3H3. The molecule has 0 amide bonds. The SMILES string of the molecule is CCOC(=O)CC(=O)CCC1OC(C)C(C)O1. The maximum absolute atomic E-state index is 11.4. The Kier molecular flexibility index (Phi) is 5.58. The fraction of sp³-hybridized carbons (Fsp3) is 0.833. The molecule has 1 rings (SSSR count). The van der Waals surface area contributed by atoms with Gasteiger partial charge in [-0.05, 0) is 20.8 Å². The van der Waals surface area contributed by atoms with E-state index >= 15 is 0 Å². The molecule has 1 fully saturated rings. The predicted octanol–water partition coefficient (Wildman–Crippen LogP) is 1.44. The minimum Gasteiger partial charge on any atom is -0.466 e. The number of hydrogen-bond acceptors (Lipinski definition) is 5. The van der Waals surface area contributed by atoms with Crippen LogP contribution in [0.15, 0.2) is 0 Å². The molecule has 0 aromatic carbocycles. The van der Waals surface area contributed by atoms with Crippen LogP contribution in [0.2, 0.25) is 0 Å². The average molecular weight is 244 g/mol. The Hall–Kier alpha value is -0.940. The van der Waals surface area contributed by atoms with Crippen molar-refractivity contribution in [2.75, 3.05) is 6.61 Å². The van der Waals surface area contributed by atoms with Crippen molar-refractivity contribution < 1.29 is 23.8 Å². The monoisotopic (exact) mass is 244 g/mol. The Bertz CT molecular complexity index is 266. The van der Waals surface area contributed by atoms with Gasteiger partial charge in [-0.15, -0.1) is 0 Å². The van der Waals surface area contributed by atoms with Crippen molar-refractivity contribution in [2.24, 2.45) is 0 Å². The zero-order valence-corrected chi connectivity index (χ0v) is 10.6. The fourth-order valence-corrected chi connectivity index (χ4v) is 1.61. The third-order valence-electron chi connectivity index (χ3n) is 2.70. The van der Waals surface area contributed by atoms with E-state index in [2.05, 4.69) is 0 Å². The van der Waals surface area contributed by atoms with E-state index < -0.39 is 5.97 Å². The van der Waals surface area contributed by atoms with Crippen LogP contribution < -0.4 is 0 Å². The second kappa shape index (κ2) is 6.71. The fourth-order valence-electron chi connectivity index (χ4n) is 1.61. The highest BCUT2D eigenvalue weighted by Crippen LogP contribution is 2.21. The van der Waals surface area contributed by atoms with Crippen molar-refractivity contribution in [1.29, 1.82) is 0 Å². The lowest BCUT2D eigenvalue weighted by molar-refractivity contribution is -0.146. The Balaban J connectivity index is 2.18. The highest BCUT2D eigenvalue weighted by molar-refractivity contribution is 5.95. The third kappa shape index (κ3) is 4.83. The number of carbonyl (C=O) groups is 2. The van der Waals surface area contributed by atoms with Crippen molar-refractivity contribution >= 4 is 11.8 Å². The highest BCUT2D eigenvalue weighted by Gasteiger charge is 2.29. The maximum atomic E-state index is 11.4. The van der Waals surface area contributed by atoms with Crippen LogP contribution >= 0.6 is 0 Å². The smallest absolute Gasteiger partial charge is 0.313 e. The first-order chi connectivity index (χ1) is 8.02. The van der Waals surface area contributed by atoms with Crippen LogP contribution in [-0.4, -0.2) is 36.9 Å². The van der Waals surface area contributed by atoms with Crippen molar-refractivity contribution in [1.82, 2.24) is 0 Å². The lowest BCUT2D eigenvalue weighted by Crippen LogP contribution is -2.15. The molecule has 0 N–H and O–H groups in total. The van der Waals surface area contributed by atoms with Gasteiger partial charge in [-0.1, -0.05) is 0 Å². The molecule has 2 atom stereocenters. The topological polar surface area (TPSA) is 61.8 Å². The van der Waals surface area contributed by atoms with Crippen LogP contribution in [0.1, 0.15) is 40.0 Å². The second-order valence-corrected chi connectivity index (χ2v) is 4.17. The van der Waals surface area contributed by atoms with Gasteiger partial charge < -0.3 is 14.2 Å². The molecule has 1 saturated heterocycles. The molecule has 0 bridgehead atoms. The summed E-state index contributed by atoms with van der Waals surface area (Å²) in [6, 6.07) is 0. The third-order valence-corrected chi connectivity index (χ3v) is 2.70. The minimum atomic E-state index is -0.465. The van der Waals surface area contributed by atoms with E-state index in [1.165, 1.54) is 0 Å². The molecule has 1 aliphatic rings. The Labute approximate surface area is 101 Å². The summed E-state index contributed by atoms with van der Waals surface area (Å²) in [5.74, 6) is -0.602. The zero-order valence-electron chi connectivity index (χ0n) is 10.6. The maximum Gasteiger partial charge on any atom is 0.313 e. The summed E-state index contributed by atoms with van der Waals surface area (Å²) < 4.78 is 15.7. The molecule has 5 heteroatoms. The number of esters is 1. The van der Waals surface area contributed by atoms with Gasteiger partial charge in [-0.3, -0.25) is 9.59 Å². The molecule has 1 heterocycles. The van der Waals surface area contributed by atoms with Crippen LogP contribution in [-0.2, 0) is 23.8 Å². The van der Waals surface area contributed by atoms with Gasteiger partial charge >= 0.3 is 5.97 Å². The first kappa shape index (κ1) is 14.1. The Morgan fingerprint density at radius 2 is 1.76 bits per heavy atom. The van der Waals surface area contributed by atoms with Gasteiger partial charge in [-0.25, -0.2) is 0 Å². The van der Waals surface area contributed by atoms with E-state index in [0.717, 1.165) is 0 Å². The molecule has 98 valence electrons. The lowest BCUT2D eigenvalue weighted by Gasteiger charge is -2.08. The van der Waals surface area contributed by atoms with Crippen molar-refractivity contribution in [2.45, 2.75) is 58.5 Å². The van der Waals surface area contributed by atoms with Crippen molar-refractivity contribution in [3.05, 3.63) is 0 Å². The summed E-state index contributed by atoms with van der Waals surface area (Å²) in [5.41, 5.74) is 0. The summed E-state index contributed by atoms with van der Waals surface area (Å²) in [5, 5.41) is 0. The summed E-state index contributed by atoms with van der Waals surface area (Å²) in [6.45, 7) is 5.89. The molecule has 17 heavy (non-hydrogen) atoms. The number of ether oxygens (including phenoxy) is 3. The normalized spacial score (nSPS) is 28.1. The van der Waals surface area contributed by atoms with Gasteiger partial charge in [0, 0.05) is 12.8 Å². The van der Waals surface area contributed by atoms with E-state index in [0.29, 0.717) is 13.0 Å². The van der Waals surface area contributed by atoms with Gasteiger partial charge in [0.2, 0.25) is 0 Å². The van der Waals surface area contributed by atoms with Gasteiger partial charge in [-0.2, -0.15) is 0 Å². The number of Topliss-reactive ketones (excluding diaryl/α,β-unsaturated/α-hetero) is 1. The van der Waals surface area contributed by atoms with Crippen molar-refractivity contribution in [3.8, 4) is 0 Å². The number of hydrogen-bond donors (Lipinski definition) is 0. The summed E-state index contributed by atoms with van der Waals surface area (Å²) >= 11 is 0. The quantitative estimate of drug-likeness (QED) is 0.522. The van der Waals surface area contributed by atoms with Crippen LogP contribution in [0.25, 0.3) is 0 Å². The molecule has 1 aliphatic heterocycles. The number of carbonyl (C=O) groups excluding carboxylic acids is 2. The molecule has 0 aromatic rings. The molecule has 0 spiro atoms. The molecule has 0 aliphatic carbocycles. The van der Waals surface area contributed by atoms with Gasteiger partial charge in [0.25, 0.3) is 0 Å². The van der Waals surface area contributed by atoms with E-state index in [9.17, 15) is 9.59 Å². The molecule has 5 nitrogen and oxygen atoms in total. The van der Waals surface area contributed by atoms with E-state index in [4.69, 9.17) is 14.2 Å². The zero-order chi connectivity index (χ0) is 12.8. The first-order valence-corrected chi connectivity index (χ1v) is 6.01. The summed E-state index contributed by atoms with van der Waals surface area (Å²) in [7, 11) is 0. The summed E-state index contributed by atoms with van der Waals surface area (Å²) in [6.07, 6.45) is 0.396. The number of ketones is 1. The molecular formula is C12H20O5. The van der Waals surface area contributed by atoms with E-state index in [1.54, 1.807) is 6.92 Å². The highest BCUT2D eigenvalue weighted by atomic mass is 16.7. The van der Waals surface area contributed by atoms with Crippen LogP contribution in [0.5, 0.6) is 0 Å². The summed E-state index contributed by atoms with van der Waals surface area (Å²) in [4.78, 5) is 22.5. The van der Waals surface area contributed by atoms with Gasteiger partial charge in [0.05, 0.1) is 18.8 Å². The Morgan fingerprint density at radius 1 is 1.18 bits per heavy atom. The molecule has 0 aromatic heterocycles. The predicted molar refractivity (Wildman–Crippen MR) is 60.4 cm³/mol. The largest absolute Gasteiger partial charge is 0.466 e. The van der Waals surface area contributed by atoms with Crippen LogP contribution in [0, 0.1) is 0 Å². The van der Waals surface area contributed by atoms with Crippen LogP contribution in [0.3, 0.4) is 0 Å². The van der Waals surface area contributed by atoms with Gasteiger partial charge in [0.15, 0.2) is 6.29 Å². The number of rotatable bonds is 6. The van der Waals surface area contributed by atoms with Crippen molar-refractivity contribution in [3.63, 3.8) is 0 Å². The van der Waals surface area contributed by atoms with Crippen LogP contribution in [0.4, 0.5) is 0 Å². The lowest BCUT2D eigenvalue weighted by atomic mass is 10.1. The van der Waals surface area contributed by atoms with E-state index in [1.807, 2.05) is 13.8 Å². The first-order valence-electron chi connectivity index (χ1n) is 6.01. The average Bonchev–Trinajstić information content (AvgIpc) is 2.56. The van der Waals surface area contributed by atoms with Gasteiger partial charge in [0.1, 0.15) is 12.2 Å². The minimum absolute atomic E-state index is 0.0557. The van der Waals surface area contributed by atoms with E-state index in [-0.39, 0.29) is 37.1 Å². The Morgan fingerprint density at radius 3 is 2.29 bits per heavy atom.